The fourth-order valence-corrected chi connectivity index (χ4v) is 1.92. The molecular formula is C10H10N2O2S. The fourth-order valence-electron chi connectivity index (χ4n) is 1.69. The highest BCUT2D eigenvalue weighted by Gasteiger charge is 2.28. The number of benzene rings is 1. The monoisotopic (exact) mass is 222 g/mol. The smallest absolute Gasteiger partial charge is 0.270 e. The lowest BCUT2D eigenvalue weighted by atomic mass is 10.1. The van der Waals surface area contributed by atoms with Crippen LogP contribution in [0.5, 0.6) is 0 Å². The predicted octanol–water partition coefficient (Wildman–Crippen LogP) is 2.02. The molecule has 0 radical (unpaired) electrons. The minimum Gasteiger partial charge on any atom is -0.721 e. The molecule has 1 aliphatic rings. The molecule has 0 fully saturated rings. The maximum atomic E-state index is 10.6. The first-order valence-electron chi connectivity index (χ1n) is 4.45. The van der Waals surface area contributed by atoms with Crippen LogP contribution in [0.25, 0.3) is 6.08 Å². The van der Waals surface area contributed by atoms with Gasteiger partial charge in [0, 0.05) is 23.8 Å². The molecule has 0 atom stereocenters. The normalized spacial score (nSPS) is 17.1. The van der Waals surface area contributed by atoms with Crippen LogP contribution in [-0.4, -0.2) is 19.0 Å². The number of fused-ring (bicyclic) bond motifs is 1. The molecule has 0 unspecified atom stereocenters. The van der Waals surface area contributed by atoms with E-state index in [1.54, 1.807) is 12.1 Å². The van der Waals surface area contributed by atoms with Crippen LogP contribution in [0, 0.1) is 10.1 Å². The second kappa shape index (κ2) is 3.01. The number of nitro groups is 1. The first-order valence-corrected chi connectivity index (χ1v) is 4.86. The Bertz CT molecular complexity index is 480. The van der Waals surface area contributed by atoms with E-state index in [9.17, 15) is 10.1 Å². The summed E-state index contributed by atoms with van der Waals surface area (Å²) in [6.07, 6.45) is 1.82. The van der Waals surface area contributed by atoms with Gasteiger partial charge < -0.3 is 12.6 Å². The molecule has 0 aliphatic carbocycles. The third kappa shape index (κ3) is 1.40. The quantitative estimate of drug-likeness (QED) is 0.316. The van der Waals surface area contributed by atoms with Gasteiger partial charge in [0.25, 0.3) is 5.69 Å². The van der Waals surface area contributed by atoms with Crippen molar-refractivity contribution < 1.29 is 4.92 Å². The van der Waals surface area contributed by atoms with Crippen molar-refractivity contribution in [3.8, 4) is 0 Å². The van der Waals surface area contributed by atoms with Gasteiger partial charge in [-0.3, -0.25) is 14.6 Å². The van der Waals surface area contributed by atoms with Gasteiger partial charge in [0.1, 0.15) is 5.69 Å². The molecule has 0 N–H and O–H groups in total. The van der Waals surface area contributed by atoms with E-state index in [0.29, 0.717) is 4.48 Å². The molecule has 1 aliphatic heterocycles. The zero-order valence-electron chi connectivity index (χ0n) is 8.43. The second-order valence-electron chi connectivity index (χ2n) is 3.94. The molecule has 78 valence electrons. The Labute approximate surface area is 93.0 Å². The van der Waals surface area contributed by atoms with E-state index in [2.05, 4.69) is 0 Å². The van der Waals surface area contributed by atoms with Crippen LogP contribution in [0.3, 0.4) is 0 Å². The number of hydrogen-bond acceptors (Lipinski definition) is 3. The van der Waals surface area contributed by atoms with Crippen molar-refractivity contribution in [2.24, 2.45) is 0 Å². The summed E-state index contributed by atoms with van der Waals surface area (Å²) in [7, 11) is 3.94. The van der Waals surface area contributed by atoms with Crippen LogP contribution >= 0.6 is 0 Å². The maximum absolute atomic E-state index is 10.6. The molecule has 1 aromatic carbocycles. The first-order chi connectivity index (χ1) is 6.93. The molecule has 0 saturated carbocycles. The van der Waals surface area contributed by atoms with Gasteiger partial charge >= 0.3 is 0 Å². The van der Waals surface area contributed by atoms with Crippen LogP contribution in [-0.2, 0) is 12.6 Å². The highest BCUT2D eigenvalue weighted by atomic mass is 32.1. The Balaban J connectivity index is 2.59. The summed E-state index contributed by atoms with van der Waals surface area (Å²) in [5.41, 5.74) is 1.96. The summed E-state index contributed by atoms with van der Waals surface area (Å²) in [4.78, 5) is 10.2. The summed E-state index contributed by atoms with van der Waals surface area (Å²) in [5, 5.41) is 11.4. The summed E-state index contributed by atoms with van der Waals surface area (Å²) < 4.78 is 0.489. The molecule has 2 rings (SSSR count). The van der Waals surface area contributed by atoms with Gasteiger partial charge in [-0.05, 0) is 11.1 Å². The van der Waals surface area contributed by atoms with E-state index in [1.807, 2.05) is 20.2 Å². The Morgan fingerprint density at radius 1 is 1.40 bits per heavy atom. The summed E-state index contributed by atoms with van der Waals surface area (Å²) in [6, 6.07) is 4.85. The zero-order valence-corrected chi connectivity index (χ0v) is 9.25. The Morgan fingerprint density at radius 3 is 2.67 bits per heavy atom. The van der Waals surface area contributed by atoms with Gasteiger partial charge in [-0.1, -0.05) is 0 Å². The second-order valence-corrected chi connectivity index (χ2v) is 4.35. The standard InChI is InChI=1S/C10H10N2O2S/c1-12(2)9-4-3-8(11(13)14)5-7(9)6-10(12)15/h3-6H,1-2H3. The minimum atomic E-state index is -0.393. The average molecular weight is 222 g/mol. The highest BCUT2D eigenvalue weighted by molar-refractivity contribution is 7.63. The third-order valence-electron chi connectivity index (χ3n) is 2.65. The number of nitro benzene ring substituents is 1. The van der Waals surface area contributed by atoms with E-state index in [1.165, 1.54) is 6.07 Å². The predicted molar refractivity (Wildman–Crippen MR) is 62.1 cm³/mol. The molecule has 4 nitrogen and oxygen atoms in total. The number of non-ortho nitro benzene ring substituents is 1. The van der Waals surface area contributed by atoms with Crippen molar-refractivity contribution in [3.05, 3.63) is 38.9 Å². The lowest BCUT2D eigenvalue weighted by Crippen LogP contribution is -2.36. The SMILES string of the molecule is C[N+]1(C)C([S-])=Cc2cc([N+](=O)[O-])ccc21. The van der Waals surface area contributed by atoms with Gasteiger partial charge in [-0.2, -0.15) is 0 Å². The third-order valence-corrected chi connectivity index (χ3v) is 3.23. The zero-order chi connectivity index (χ0) is 11.2. The molecule has 0 amide bonds. The topological polar surface area (TPSA) is 43.1 Å². The van der Waals surface area contributed by atoms with Crippen molar-refractivity contribution in [1.29, 1.82) is 0 Å². The number of nitrogens with zero attached hydrogens (tertiary/aromatic N) is 2. The van der Waals surface area contributed by atoms with Crippen LogP contribution in [0.4, 0.5) is 11.4 Å². The van der Waals surface area contributed by atoms with E-state index in [-0.39, 0.29) is 5.69 Å². The summed E-state index contributed by atoms with van der Waals surface area (Å²) in [5.74, 6) is 0. The van der Waals surface area contributed by atoms with Crippen LogP contribution in [0.1, 0.15) is 5.56 Å². The van der Waals surface area contributed by atoms with Crippen molar-refractivity contribution in [3.63, 3.8) is 0 Å². The molecule has 0 saturated heterocycles. The Kier molecular flexibility index (Phi) is 2.02. The maximum Gasteiger partial charge on any atom is 0.270 e. The number of hydrogen-bond donors (Lipinski definition) is 0. The molecule has 1 heterocycles. The van der Waals surface area contributed by atoms with Gasteiger partial charge in [0.15, 0.2) is 0 Å². The lowest BCUT2D eigenvalue weighted by molar-refractivity contribution is -0.384. The Hall–Kier alpha value is -1.46. The van der Waals surface area contributed by atoms with Gasteiger partial charge in [-0.25, -0.2) is 0 Å². The molecule has 0 bridgehead atoms. The van der Waals surface area contributed by atoms with Crippen LogP contribution in [0.2, 0.25) is 0 Å². The minimum absolute atomic E-state index is 0.106. The highest BCUT2D eigenvalue weighted by Crippen LogP contribution is 2.38. The van der Waals surface area contributed by atoms with Crippen molar-refractivity contribution in [1.82, 2.24) is 4.48 Å². The summed E-state index contributed by atoms with van der Waals surface area (Å²) >= 11 is 5.22. The van der Waals surface area contributed by atoms with Crippen molar-refractivity contribution in [2.45, 2.75) is 0 Å². The number of rotatable bonds is 1. The molecule has 0 spiro atoms. The van der Waals surface area contributed by atoms with Crippen molar-refractivity contribution >= 4 is 30.1 Å². The molecular weight excluding hydrogens is 212 g/mol. The molecule has 0 aromatic heterocycles. The largest absolute Gasteiger partial charge is 0.721 e. The van der Waals surface area contributed by atoms with Crippen LogP contribution in [0.15, 0.2) is 23.2 Å². The van der Waals surface area contributed by atoms with Gasteiger partial charge in [0.2, 0.25) is 0 Å². The molecule has 1 aromatic rings. The summed E-state index contributed by atoms with van der Waals surface area (Å²) in [6.45, 7) is 0. The van der Waals surface area contributed by atoms with E-state index < -0.39 is 4.92 Å². The van der Waals surface area contributed by atoms with Crippen LogP contribution < -0.4 is 4.48 Å². The lowest BCUT2D eigenvalue weighted by Gasteiger charge is -2.31. The first kappa shape index (κ1) is 10.1. The average Bonchev–Trinajstić information content (AvgIpc) is 2.38. The van der Waals surface area contributed by atoms with E-state index in [4.69, 9.17) is 12.6 Å². The van der Waals surface area contributed by atoms with E-state index in [0.717, 1.165) is 16.3 Å². The molecule has 5 heteroatoms. The van der Waals surface area contributed by atoms with E-state index >= 15 is 0 Å². The molecule has 15 heavy (non-hydrogen) atoms. The fraction of sp³-hybridized carbons (Fsp3) is 0.200. The Morgan fingerprint density at radius 2 is 2.07 bits per heavy atom. The number of quaternary nitrogens is 1. The van der Waals surface area contributed by atoms with Gasteiger partial charge in [-0.15, -0.1) is 0 Å². The van der Waals surface area contributed by atoms with Crippen molar-refractivity contribution in [2.75, 3.05) is 14.1 Å². The van der Waals surface area contributed by atoms with Gasteiger partial charge in [0.05, 0.1) is 19.0 Å².